The molecule has 0 atom stereocenters. The van der Waals surface area contributed by atoms with Crippen molar-refractivity contribution in [3.05, 3.63) is 0 Å². The molecule has 0 amide bonds. The average molecular weight is 241 g/mol. The van der Waals surface area contributed by atoms with Crippen molar-refractivity contribution in [1.82, 2.24) is 4.90 Å². The zero-order chi connectivity index (χ0) is 13.4. The van der Waals surface area contributed by atoms with Gasteiger partial charge in [0.25, 0.3) is 0 Å². The van der Waals surface area contributed by atoms with Crippen molar-refractivity contribution in [2.75, 3.05) is 13.1 Å². The lowest BCUT2D eigenvalue weighted by Crippen LogP contribution is -2.46. The van der Waals surface area contributed by atoms with Gasteiger partial charge in [-0.2, -0.15) is 0 Å². The van der Waals surface area contributed by atoms with Crippen molar-refractivity contribution in [1.29, 1.82) is 0 Å². The van der Waals surface area contributed by atoms with Crippen molar-refractivity contribution in [3.8, 4) is 0 Å². The molecule has 0 spiro atoms. The van der Waals surface area contributed by atoms with E-state index in [1.807, 2.05) is 0 Å². The van der Waals surface area contributed by atoms with Gasteiger partial charge in [0.15, 0.2) is 5.96 Å². The van der Waals surface area contributed by atoms with Gasteiger partial charge >= 0.3 is 0 Å². The van der Waals surface area contributed by atoms with E-state index in [-0.39, 0.29) is 0 Å². The highest BCUT2D eigenvalue weighted by Crippen LogP contribution is 2.11. The van der Waals surface area contributed by atoms with Crippen LogP contribution in [-0.4, -0.2) is 30.0 Å². The zero-order valence-corrected chi connectivity index (χ0v) is 12.5. The maximum atomic E-state index is 6.14. The van der Waals surface area contributed by atoms with Gasteiger partial charge in [-0.3, -0.25) is 4.99 Å². The molecule has 0 aromatic carbocycles. The van der Waals surface area contributed by atoms with E-state index in [1.165, 1.54) is 0 Å². The number of hydrogen-bond acceptors (Lipinski definition) is 1. The van der Waals surface area contributed by atoms with Gasteiger partial charge in [-0.05, 0) is 24.7 Å². The molecular weight excluding hydrogens is 210 g/mol. The molecule has 0 saturated heterocycles. The van der Waals surface area contributed by atoms with Crippen LogP contribution < -0.4 is 5.73 Å². The van der Waals surface area contributed by atoms with Crippen molar-refractivity contribution < 1.29 is 0 Å². The quantitative estimate of drug-likeness (QED) is 0.549. The molecule has 0 aliphatic heterocycles. The van der Waals surface area contributed by atoms with E-state index < -0.39 is 0 Å². The van der Waals surface area contributed by atoms with E-state index in [0.717, 1.165) is 31.9 Å². The minimum absolute atomic E-state index is 0.522. The number of guanidine groups is 1. The topological polar surface area (TPSA) is 41.6 Å². The van der Waals surface area contributed by atoms with E-state index in [0.29, 0.717) is 17.9 Å². The van der Waals surface area contributed by atoms with Crippen LogP contribution in [-0.2, 0) is 0 Å². The van der Waals surface area contributed by atoms with Gasteiger partial charge in [0, 0.05) is 19.1 Å². The Morgan fingerprint density at radius 3 is 1.94 bits per heavy atom. The fraction of sp³-hybridized carbons (Fsp3) is 0.929. The molecule has 0 aliphatic carbocycles. The van der Waals surface area contributed by atoms with Crippen molar-refractivity contribution in [3.63, 3.8) is 0 Å². The normalized spacial score (nSPS) is 12.9. The Kier molecular flexibility index (Phi) is 8.01. The van der Waals surface area contributed by atoms with Crippen LogP contribution in [0.15, 0.2) is 4.99 Å². The van der Waals surface area contributed by atoms with Crippen molar-refractivity contribution in [2.45, 2.75) is 60.4 Å². The highest BCUT2D eigenvalue weighted by molar-refractivity contribution is 5.78. The van der Waals surface area contributed by atoms with Crippen LogP contribution in [0.4, 0.5) is 0 Å². The molecule has 0 bridgehead atoms. The van der Waals surface area contributed by atoms with Crippen LogP contribution in [0.2, 0.25) is 0 Å². The number of aliphatic imine (C=N–C) groups is 1. The molecule has 0 radical (unpaired) electrons. The minimum atomic E-state index is 0.522. The highest BCUT2D eigenvalue weighted by atomic mass is 15.3. The Hall–Kier alpha value is -0.730. The van der Waals surface area contributed by atoms with Gasteiger partial charge in [0.1, 0.15) is 0 Å². The first-order valence-electron chi connectivity index (χ1n) is 6.98. The van der Waals surface area contributed by atoms with E-state index in [4.69, 9.17) is 5.73 Å². The second-order valence-electron chi connectivity index (χ2n) is 5.61. The third-order valence-corrected chi connectivity index (χ3v) is 2.86. The van der Waals surface area contributed by atoms with Crippen LogP contribution >= 0.6 is 0 Å². The Labute approximate surface area is 107 Å². The molecule has 0 unspecified atom stereocenters. The molecular formula is C14H31N3. The van der Waals surface area contributed by atoms with Gasteiger partial charge in [-0.1, -0.05) is 41.5 Å². The Morgan fingerprint density at radius 2 is 1.59 bits per heavy atom. The summed E-state index contributed by atoms with van der Waals surface area (Å²) in [7, 11) is 0. The first-order chi connectivity index (χ1) is 7.92. The van der Waals surface area contributed by atoms with E-state index in [2.05, 4.69) is 51.4 Å². The maximum Gasteiger partial charge on any atom is 0.191 e. The number of nitrogens with two attached hydrogens (primary N) is 1. The van der Waals surface area contributed by atoms with Crippen molar-refractivity contribution >= 4 is 5.96 Å². The minimum Gasteiger partial charge on any atom is -0.370 e. The summed E-state index contributed by atoms with van der Waals surface area (Å²) in [6.07, 6.45) is 2.25. The summed E-state index contributed by atoms with van der Waals surface area (Å²) in [6, 6.07) is 0.522. The molecule has 0 fully saturated rings. The van der Waals surface area contributed by atoms with E-state index in [1.54, 1.807) is 0 Å². The zero-order valence-electron chi connectivity index (χ0n) is 12.5. The summed E-state index contributed by atoms with van der Waals surface area (Å²) >= 11 is 0. The summed E-state index contributed by atoms with van der Waals surface area (Å²) in [5, 5.41) is 0. The van der Waals surface area contributed by atoms with E-state index in [9.17, 15) is 0 Å². The SMILES string of the molecule is CCC(CC)N(CC(C)C)C(N)=NCC(C)C. The van der Waals surface area contributed by atoms with Gasteiger partial charge in [-0.15, -0.1) is 0 Å². The number of nitrogens with zero attached hydrogens (tertiary/aromatic N) is 2. The third kappa shape index (κ3) is 6.54. The van der Waals surface area contributed by atoms with Crippen LogP contribution in [0, 0.1) is 11.8 Å². The Bertz CT molecular complexity index is 218. The Morgan fingerprint density at radius 1 is 1.06 bits per heavy atom. The van der Waals surface area contributed by atoms with Gasteiger partial charge < -0.3 is 10.6 Å². The third-order valence-electron chi connectivity index (χ3n) is 2.86. The summed E-state index contributed by atoms with van der Waals surface area (Å²) in [4.78, 5) is 6.80. The molecule has 0 heterocycles. The first-order valence-corrected chi connectivity index (χ1v) is 6.98. The smallest absolute Gasteiger partial charge is 0.191 e. The maximum absolute atomic E-state index is 6.14. The summed E-state index contributed by atoms with van der Waals surface area (Å²) in [5.41, 5.74) is 6.14. The molecule has 0 aliphatic rings. The average Bonchev–Trinajstić information content (AvgIpc) is 2.25. The van der Waals surface area contributed by atoms with Crippen LogP contribution in [0.25, 0.3) is 0 Å². The molecule has 3 heteroatoms. The largest absolute Gasteiger partial charge is 0.370 e. The lowest BCUT2D eigenvalue weighted by atomic mass is 10.1. The molecule has 102 valence electrons. The molecule has 0 saturated carbocycles. The summed E-state index contributed by atoms with van der Waals surface area (Å²) in [5.74, 6) is 1.90. The van der Waals surface area contributed by atoms with Crippen LogP contribution in [0.3, 0.4) is 0 Å². The van der Waals surface area contributed by atoms with Crippen LogP contribution in [0.1, 0.15) is 54.4 Å². The van der Waals surface area contributed by atoms with Gasteiger partial charge in [-0.25, -0.2) is 0 Å². The second kappa shape index (κ2) is 8.37. The lowest BCUT2D eigenvalue weighted by Gasteiger charge is -2.33. The van der Waals surface area contributed by atoms with E-state index >= 15 is 0 Å². The predicted molar refractivity (Wildman–Crippen MR) is 77.2 cm³/mol. The van der Waals surface area contributed by atoms with Crippen LogP contribution in [0.5, 0.6) is 0 Å². The van der Waals surface area contributed by atoms with Gasteiger partial charge in [0.05, 0.1) is 0 Å². The standard InChI is InChI=1S/C14H31N3/c1-7-13(8-2)17(10-12(5)6)14(15)16-9-11(3)4/h11-13H,7-10H2,1-6H3,(H2,15,16). The molecule has 0 rings (SSSR count). The predicted octanol–water partition coefficient (Wildman–Crippen LogP) is 3.10. The molecule has 0 aromatic heterocycles. The molecule has 0 aromatic rings. The molecule has 17 heavy (non-hydrogen) atoms. The number of rotatable bonds is 7. The second-order valence-corrected chi connectivity index (χ2v) is 5.61. The summed E-state index contributed by atoms with van der Waals surface area (Å²) in [6.45, 7) is 15.0. The fourth-order valence-corrected chi connectivity index (χ4v) is 1.92. The highest BCUT2D eigenvalue weighted by Gasteiger charge is 2.18. The van der Waals surface area contributed by atoms with Crippen molar-refractivity contribution in [2.24, 2.45) is 22.6 Å². The first kappa shape index (κ1) is 16.3. The monoisotopic (exact) mass is 241 g/mol. The number of hydrogen-bond donors (Lipinski definition) is 1. The summed E-state index contributed by atoms with van der Waals surface area (Å²) < 4.78 is 0. The fourth-order valence-electron chi connectivity index (χ4n) is 1.92. The van der Waals surface area contributed by atoms with Gasteiger partial charge in [0.2, 0.25) is 0 Å². The molecule has 2 N–H and O–H groups in total. The molecule has 3 nitrogen and oxygen atoms in total. The lowest BCUT2D eigenvalue weighted by molar-refractivity contribution is 0.263. The Balaban J connectivity index is 4.70.